The maximum atomic E-state index is 12.0. The topological polar surface area (TPSA) is 59.8 Å². The van der Waals surface area contributed by atoms with Gasteiger partial charge in [0.2, 0.25) is 5.91 Å². The Kier molecular flexibility index (Phi) is 6.67. The molecule has 0 atom stereocenters. The number of aryl methyl sites for hydroxylation is 1. The maximum absolute atomic E-state index is 12.0. The summed E-state index contributed by atoms with van der Waals surface area (Å²) in [5.74, 6) is 1.51. The minimum Gasteiger partial charge on any atom is -0.326 e. The quantitative estimate of drug-likeness (QED) is 0.581. The Bertz CT molecular complexity index is 686. The van der Waals surface area contributed by atoms with Crippen molar-refractivity contribution in [3.8, 4) is 0 Å². The Morgan fingerprint density at radius 2 is 2.30 bits per heavy atom. The van der Waals surface area contributed by atoms with Crippen LogP contribution in [-0.4, -0.2) is 26.4 Å². The third kappa shape index (κ3) is 5.11. The minimum atomic E-state index is -0.0507. The van der Waals surface area contributed by atoms with E-state index in [2.05, 4.69) is 22.1 Å². The van der Waals surface area contributed by atoms with Crippen molar-refractivity contribution < 1.29 is 4.79 Å². The number of aromatic nitrogens is 3. The third-order valence-electron chi connectivity index (χ3n) is 3.09. The zero-order valence-electron chi connectivity index (χ0n) is 13.0. The van der Waals surface area contributed by atoms with Crippen LogP contribution in [0, 0.1) is 0 Å². The van der Waals surface area contributed by atoms with E-state index in [0.717, 1.165) is 17.4 Å². The number of nitrogens with one attached hydrogen (secondary N) is 1. The normalized spacial score (nSPS) is 10.5. The van der Waals surface area contributed by atoms with Crippen LogP contribution in [0.4, 0.5) is 5.69 Å². The van der Waals surface area contributed by atoms with Crippen LogP contribution in [0.2, 0.25) is 5.02 Å². The van der Waals surface area contributed by atoms with Crippen LogP contribution in [0.25, 0.3) is 0 Å². The fourth-order valence-electron chi connectivity index (χ4n) is 2.02. The van der Waals surface area contributed by atoms with E-state index in [1.165, 1.54) is 11.8 Å². The molecule has 2 rings (SSSR count). The summed E-state index contributed by atoms with van der Waals surface area (Å²) < 4.78 is 2.02. The molecule has 1 amide bonds. The van der Waals surface area contributed by atoms with Crippen LogP contribution in [-0.2, 0) is 17.8 Å². The molecule has 122 valence electrons. The van der Waals surface area contributed by atoms with Gasteiger partial charge in [0, 0.05) is 35.8 Å². The van der Waals surface area contributed by atoms with Crippen molar-refractivity contribution in [3.05, 3.63) is 47.8 Å². The molecule has 0 unspecified atom stereocenters. The summed E-state index contributed by atoms with van der Waals surface area (Å²) in [6, 6.07) is 7.10. The summed E-state index contributed by atoms with van der Waals surface area (Å²) in [4.78, 5) is 12.0. The number of thioether (sulfide) groups is 1. The lowest BCUT2D eigenvalue weighted by molar-refractivity contribution is -0.115. The molecule has 1 aromatic carbocycles. The van der Waals surface area contributed by atoms with E-state index in [1.54, 1.807) is 18.2 Å². The van der Waals surface area contributed by atoms with Gasteiger partial charge in [-0.2, -0.15) is 0 Å². The first-order chi connectivity index (χ1) is 11.1. The standard InChI is InChI=1S/C16H19ClN4OS/c1-3-9-21-14(4-2)19-20-16(21)23-10-8-15(22)18-13-7-5-6-12(17)11-13/h3,5-7,11H,1,4,8-10H2,2H3,(H,18,22). The van der Waals surface area contributed by atoms with E-state index in [4.69, 9.17) is 11.6 Å². The molecule has 0 aliphatic carbocycles. The van der Waals surface area contributed by atoms with E-state index >= 15 is 0 Å². The largest absolute Gasteiger partial charge is 0.326 e. The molecular weight excluding hydrogens is 332 g/mol. The highest BCUT2D eigenvalue weighted by molar-refractivity contribution is 7.99. The second-order valence-corrected chi connectivity index (χ2v) is 6.31. The Morgan fingerprint density at radius 1 is 1.48 bits per heavy atom. The Hall–Kier alpha value is -1.79. The highest BCUT2D eigenvalue weighted by Gasteiger charge is 2.11. The molecule has 0 spiro atoms. The van der Waals surface area contributed by atoms with Gasteiger partial charge in [-0.15, -0.1) is 16.8 Å². The summed E-state index contributed by atoms with van der Waals surface area (Å²) in [7, 11) is 0. The van der Waals surface area contributed by atoms with Gasteiger partial charge in [-0.25, -0.2) is 0 Å². The Labute approximate surface area is 145 Å². The van der Waals surface area contributed by atoms with E-state index in [9.17, 15) is 4.79 Å². The number of amides is 1. The number of nitrogens with zero attached hydrogens (tertiary/aromatic N) is 3. The van der Waals surface area contributed by atoms with Gasteiger partial charge < -0.3 is 9.88 Å². The first-order valence-electron chi connectivity index (χ1n) is 7.35. The molecule has 1 N–H and O–H groups in total. The molecule has 23 heavy (non-hydrogen) atoms. The third-order valence-corrected chi connectivity index (χ3v) is 4.29. The molecule has 0 radical (unpaired) electrons. The zero-order valence-corrected chi connectivity index (χ0v) is 14.5. The van der Waals surface area contributed by atoms with Crippen LogP contribution in [0.1, 0.15) is 19.2 Å². The summed E-state index contributed by atoms with van der Waals surface area (Å²) in [5, 5.41) is 12.6. The number of hydrogen-bond donors (Lipinski definition) is 1. The average Bonchev–Trinajstić information content (AvgIpc) is 2.90. The van der Waals surface area contributed by atoms with E-state index in [-0.39, 0.29) is 5.91 Å². The molecule has 0 aliphatic rings. The number of anilines is 1. The van der Waals surface area contributed by atoms with Crippen molar-refractivity contribution in [1.82, 2.24) is 14.8 Å². The Morgan fingerprint density at radius 3 is 3.00 bits per heavy atom. The van der Waals surface area contributed by atoms with Crippen molar-refractivity contribution in [2.45, 2.75) is 31.5 Å². The molecule has 7 heteroatoms. The van der Waals surface area contributed by atoms with Gasteiger partial charge in [0.05, 0.1) is 0 Å². The van der Waals surface area contributed by atoms with Crippen LogP contribution in [0.3, 0.4) is 0 Å². The lowest BCUT2D eigenvalue weighted by Crippen LogP contribution is -2.12. The smallest absolute Gasteiger partial charge is 0.225 e. The van der Waals surface area contributed by atoms with Gasteiger partial charge in [-0.3, -0.25) is 4.79 Å². The lowest BCUT2D eigenvalue weighted by Gasteiger charge is -2.07. The fourth-order valence-corrected chi connectivity index (χ4v) is 3.12. The first-order valence-corrected chi connectivity index (χ1v) is 8.71. The van der Waals surface area contributed by atoms with Crippen molar-refractivity contribution in [2.75, 3.05) is 11.1 Å². The van der Waals surface area contributed by atoms with Gasteiger partial charge in [0.15, 0.2) is 5.16 Å². The Balaban J connectivity index is 1.86. The zero-order chi connectivity index (χ0) is 16.7. The molecule has 2 aromatic rings. The predicted octanol–water partition coefficient (Wildman–Crippen LogP) is 3.80. The van der Waals surface area contributed by atoms with Crippen LogP contribution >= 0.6 is 23.4 Å². The monoisotopic (exact) mass is 350 g/mol. The van der Waals surface area contributed by atoms with Crippen LogP contribution in [0.5, 0.6) is 0 Å². The van der Waals surface area contributed by atoms with Crippen molar-refractivity contribution >= 4 is 35.0 Å². The number of rotatable bonds is 8. The number of allylic oxidation sites excluding steroid dienone is 1. The van der Waals surface area contributed by atoms with Crippen LogP contribution < -0.4 is 5.32 Å². The van der Waals surface area contributed by atoms with E-state index in [0.29, 0.717) is 29.4 Å². The number of hydrogen-bond acceptors (Lipinski definition) is 4. The minimum absolute atomic E-state index is 0.0507. The molecule has 0 fully saturated rings. The molecule has 0 saturated heterocycles. The molecular formula is C16H19ClN4OS. The van der Waals surface area contributed by atoms with Gasteiger partial charge in [-0.05, 0) is 18.2 Å². The van der Waals surface area contributed by atoms with Crippen molar-refractivity contribution in [1.29, 1.82) is 0 Å². The molecule has 1 heterocycles. The van der Waals surface area contributed by atoms with Crippen molar-refractivity contribution in [2.24, 2.45) is 0 Å². The first kappa shape index (κ1) is 17.6. The summed E-state index contributed by atoms with van der Waals surface area (Å²) in [6.45, 7) is 6.47. The molecule has 0 aliphatic heterocycles. The van der Waals surface area contributed by atoms with Gasteiger partial charge in [0.1, 0.15) is 5.82 Å². The van der Waals surface area contributed by atoms with Gasteiger partial charge in [0.25, 0.3) is 0 Å². The van der Waals surface area contributed by atoms with E-state index < -0.39 is 0 Å². The maximum Gasteiger partial charge on any atom is 0.225 e. The molecule has 1 aromatic heterocycles. The number of carbonyl (C=O) groups excluding carboxylic acids is 1. The number of benzene rings is 1. The summed E-state index contributed by atoms with van der Waals surface area (Å²) in [5.41, 5.74) is 0.704. The highest BCUT2D eigenvalue weighted by Crippen LogP contribution is 2.19. The lowest BCUT2D eigenvalue weighted by atomic mass is 10.3. The summed E-state index contributed by atoms with van der Waals surface area (Å²) >= 11 is 7.41. The SMILES string of the molecule is C=CCn1c(CC)nnc1SCCC(=O)Nc1cccc(Cl)c1. The van der Waals surface area contributed by atoms with E-state index in [1.807, 2.05) is 23.6 Å². The predicted molar refractivity (Wildman–Crippen MR) is 95.0 cm³/mol. The number of carbonyl (C=O) groups is 1. The second kappa shape index (κ2) is 8.74. The highest BCUT2D eigenvalue weighted by atomic mass is 35.5. The average molecular weight is 351 g/mol. The molecule has 5 nitrogen and oxygen atoms in total. The van der Waals surface area contributed by atoms with Crippen LogP contribution in [0.15, 0.2) is 42.1 Å². The van der Waals surface area contributed by atoms with Crippen molar-refractivity contribution in [3.63, 3.8) is 0 Å². The molecule has 0 bridgehead atoms. The van der Waals surface area contributed by atoms with Gasteiger partial charge >= 0.3 is 0 Å². The number of halogens is 1. The summed E-state index contributed by atoms with van der Waals surface area (Å²) in [6.07, 6.45) is 3.02. The molecule has 0 saturated carbocycles. The van der Waals surface area contributed by atoms with Gasteiger partial charge in [-0.1, -0.05) is 42.4 Å². The fraction of sp³-hybridized carbons (Fsp3) is 0.312. The second-order valence-electron chi connectivity index (χ2n) is 4.81.